The van der Waals surface area contributed by atoms with E-state index in [-0.39, 0.29) is 30.8 Å². The molecule has 0 atom stereocenters. The Morgan fingerprint density at radius 2 is 1.64 bits per heavy atom. The van der Waals surface area contributed by atoms with Gasteiger partial charge in [-0.3, -0.25) is 9.59 Å². The van der Waals surface area contributed by atoms with E-state index in [9.17, 15) is 9.59 Å². The Hall–Kier alpha value is -2.44. The molecule has 0 aliphatic rings. The van der Waals surface area contributed by atoms with Gasteiger partial charge in [0.1, 0.15) is 0 Å². The lowest BCUT2D eigenvalue weighted by molar-refractivity contribution is -0.135. The van der Waals surface area contributed by atoms with E-state index in [4.69, 9.17) is 14.2 Å². The number of amides is 2. The van der Waals surface area contributed by atoms with Gasteiger partial charge in [0.15, 0.2) is 11.5 Å². The van der Waals surface area contributed by atoms with Crippen LogP contribution in [0.1, 0.15) is 26.3 Å². The highest BCUT2D eigenvalue weighted by Gasteiger charge is 2.19. The van der Waals surface area contributed by atoms with E-state index in [2.05, 4.69) is 5.32 Å². The molecular formula is C18H28N2O5. The summed E-state index contributed by atoms with van der Waals surface area (Å²) in [6.07, 6.45) is 0.138. The molecule has 0 fully saturated rings. The Morgan fingerprint density at radius 1 is 1.08 bits per heavy atom. The van der Waals surface area contributed by atoms with Gasteiger partial charge < -0.3 is 24.4 Å². The van der Waals surface area contributed by atoms with Crippen molar-refractivity contribution in [2.75, 3.05) is 34.4 Å². The van der Waals surface area contributed by atoms with E-state index >= 15 is 0 Å². The van der Waals surface area contributed by atoms with Gasteiger partial charge in [0, 0.05) is 12.6 Å². The first-order chi connectivity index (χ1) is 11.9. The van der Waals surface area contributed by atoms with Crippen molar-refractivity contribution in [1.82, 2.24) is 10.2 Å². The number of methoxy groups -OCH3 is 3. The number of carbonyl (C=O) groups excluding carboxylic acids is 2. The van der Waals surface area contributed by atoms with E-state index in [0.717, 1.165) is 5.56 Å². The van der Waals surface area contributed by atoms with Crippen LogP contribution in [0.3, 0.4) is 0 Å². The van der Waals surface area contributed by atoms with Crippen LogP contribution < -0.4 is 19.5 Å². The van der Waals surface area contributed by atoms with Crippen LogP contribution in [0.25, 0.3) is 0 Å². The first-order valence-electron chi connectivity index (χ1n) is 8.22. The fourth-order valence-electron chi connectivity index (χ4n) is 2.44. The average Bonchev–Trinajstić information content (AvgIpc) is 2.57. The normalized spacial score (nSPS) is 10.4. The molecule has 0 bridgehead atoms. The molecule has 0 unspecified atom stereocenters. The Kier molecular flexibility index (Phi) is 8.04. The number of ether oxygens (including phenoxy) is 3. The predicted octanol–water partition coefficient (Wildman–Crippen LogP) is 1.63. The molecule has 1 rings (SSSR count). The van der Waals surface area contributed by atoms with E-state index in [1.54, 1.807) is 12.1 Å². The standard InChI is InChI=1S/C18H28N2O5/c1-7-20(11-16(21)19-12(2)3)17(22)10-13-8-14(23-4)18(25-6)15(9-13)24-5/h8-9,12H,7,10-11H2,1-6H3,(H,19,21). The van der Waals surface area contributed by atoms with Crippen LogP contribution in [0.2, 0.25) is 0 Å². The molecule has 7 heteroatoms. The summed E-state index contributed by atoms with van der Waals surface area (Å²) in [6.45, 7) is 6.10. The first-order valence-corrected chi connectivity index (χ1v) is 8.22. The SMILES string of the molecule is CCN(CC(=O)NC(C)C)C(=O)Cc1cc(OC)c(OC)c(OC)c1. The summed E-state index contributed by atoms with van der Waals surface area (Å²) in [7, 11) is 4.58. The van der Waals surface area contributed by atoms with Crippen LogP contribution in [-0.4, -0.2) is 57.2 Å². The highest BCUT2D eigenvalue weighted by molar-refractivity contribution is 5.86. The van der Waals surface area contributed by atoms with Crippen LogP contribution in [0.4, 0.5) is 0 Å². The number of likely N-dealkylation sites (N-methyl/N-ethyl adjacent to an activating group) is 1. The maximum atomic E-state index is 12.6. The third kappa shape index (κ3) is 5.85. The number of carbonyl (C=O) groups is 2. The summed E-state index contributed by atoms with van der Waals surface area (Å²) in [6, 6.07) is 3.51. The van der Waals surface area contributed by atoms with Crippen LogP contribution in [0.15, 0.2) is 12.1 Å². The zero-order valence-electron chi connectivity index (χ0n) is 15.8. The molecule has 1 aromatic carbocycles. The lowest BCUT2D eigenvalue weighted by Crippen LogP contribution is -2.43. The number of benzene rings is 1. The fourth-order valence-corrected chi connectivity index (χ4v) is 2.44. The predicted molar refractivity (Wildman–Crippen MR) is 95.3 cm³/mol. The summed E-state index contributed by atoms with van der Waals surface area (Å²) in [5, 5.41) is 2.79. The smallest absolute Gasteiger partial charge is 0.239 e. The van der Waals surface area contributed by atoms with Crippen molar-refractivity contribution in [3.63, 3.8) is 0 Å². The molecule has 2 amide bonds. The Bertz CT molecular complexity index is 576. The van der Waals surface area contributed by atoms with E-state index in [0.29, 0.717) is 23.8 Å². The minimum absolute atomic E-state index is 0.0384. The molecule has 0 heterocycles. The van der Waals surface area contributed by atoms with Crippen LogP contribution in [0, 0.1) is 0 Å². The maximum Gasteiger partial charge on any atom is 0.239 e. The first kappa shape index (κ1) is 20.6. The van der Waals surface area contributed by atoms with Crippen molar-refractivity contribution >= 4 is 11.8 Å². The molecule has 0 aliphatic heterocycles. The van der Waals surface area contributed by atoms with Gasteiger partial charge >= 0.3 is 0 Å². The Morgan fingerprint density at radius 3 is 2.04 bits per heavy atom. The summed E-state index contributed by atoms with van der Waals surface area (Å²) < 4.78 is 15.9. The van der Waals surface area contributed by atoms with Crippen molar-refractivity contribution < 1.29 is 23.8 Å². The van der Waals surface area contributed by atoms with E-state index in [1.807, 2.05) is 20.8 Å². The van der Waals surface area contributed by atoms with Gasteiger partial charge in [-0.05, 0) is 38.5 Å². The molecular weight excluding hydrogens is 324 g/mol. The third-order valence-electron chi connectivity index (χ3n) is 3.60. The number of hydrogen-bond donors (Lipinski definition) is 1. The Balaban J connectivity index is 2.92. The second-order valence-corrected chi connectivity index (χ2v) is 5.84. The average molecular weight is 352 g/mol. The van der Waals surface area contributed by atoms with Gasteiger partial charge in [-0.15, -0.1) is 0 Å². The lowest BCUT2D eigenvalue weighted by Gasteiger charge is -2.21. The zero-order valence-corrected chi connectivity index (χ0v) is 15.8. The van der Waals surface area contributed by atoms with Crippen molar-refractivity contribution in [2.45, 2.75) is 33.2 Å². The monoisotopic (exact) mass is 352 g/mol. The van der Waals surface area contributed by atoms with Crippen molar-refractivity contribution in [1.29, 1.82) is 0 Å². The number of hydrogen-bond acceptors (Lipinski definition) is 5. The molecule has 140 valence electrons. The third-order valence-corrected chi connectivity index (χ3v) is 3.60. The molecule has 0 radical (unpaired) electrons. The topological polar surface area (TPSA) is 77.1 Å². The summed E-state index contributed by atoms with van der Waals surface area (Å²) in [5.74, 6) is 1.14. The van der Waals surface area contributed by atoms with Gasteiger partial charge in [0.2, 0.25) is 17.6 Å². The molecule has 1 N–H and O–H groups in total. The molecule has 25 heavy (non-hydrogen) atoms. The molecule has 0 saturated carbocycles. The maximum absolute atomic E-state index is 12.6. The van der Waals surface area contributed by atoms with E-state index < -0.39 is 0 Å². The molecule has 0 aromatic heterocycles. The van der Waals surface area contributed by atoms with Crippen molar-refractivity contribution in [3.8, 4) is 17.2 Å². The zero-order chi connectivity index (χ0) is 19.0. The molecule has 0 spiro atoms. The summed E-state index contributed by atoms with van der Waals surface area (Å²) in [5.41, 5.74) is 0.724. The van der Waals surface area contributed by atoms with Gasteiger partial charge in [-0.1, -0.05) is 0 Å². The van der Waals surface area contributed by atoms with Crippen LogP contribution >= 0.6 is 0 Å². The minimum atomic E-state index is -0.171. The van der Waals surface area contributed by atoms with Crippen molar-refractivity contribution in [2.24, 2.45) is 0 Å². The van der Waals surface area contributed by atoms with Gasteiger partial charge in [-0.25, -0.2) is 0 Å². The number of rotatable bonds is 9. The molecule has 0 saturated heterocycles. The molecule has 1 aromatic rings. The second-order valence-electron chi connectivity index (χ2n) is 5.84. The largest absolute Gasteiger partial charge is 0.493 e. The molecule has 0 aliphatic carbocycles. The number of nitrogens with one attached hydrogen (secondary N) is 1. The van der Waals surface area contributed by atoms with E-state index in [1.165, 1.54) is 26.2 Å². The van der Waals surface area contributed by atoms with Gasteiger partial charge in [0.25, 0.3) is 0 Å². The summed E-state index contributed by atoms with van der Waals surface area (Å²) >= 11 is 0. The van der Waals surface area contributed by atoms with Gasteiger partial charge in [-0.2, -0.15) is 0 Å². The fraction of sp³-hybridized carbons (Fsp3) is 0.556. The van der Waals surface area contributed by atoms with Gasteiger partial charge in [0.05, 0.1) is 34.3 Å². The van der Waals surface area contributed by atoms with Crippen LogP contribution in [-0.2, 0) is 16.0 Å². The highest BCUT2D eigenvalue weighted by atomic mass is 16.5. The Labute approximate surface area is 149 Å². The van der Waals surface area contributed by atoms with Crippen molar-refractivity contribution in [3.05, 3.63) is 17.7 Å². The number of nitrogens with zero attached hydrogens (tertiary/aromatic N) is 1. The van der Waals surface area contributed by atoms with Crippen LogP contribution in [0.5, 0.6) is 17.2 Å². The lowest BCUT2D eigenvalue weighted by atomic mass is 10.1. The second kappa shape index (κ2) is 9.76. The summed E-state index contributed by atoms with van der Waals surface area (Å²) in [4.78, 5) is 26.0. The minimum Gasteiger partial charge on any atom is -0.493 e. The highest BCUT2D eigenvalue weighted by Crippen LogP contribution is 2.38. The quantitative estimate of drug-likeness (QED) is 0.731. The molecule has 7 nitrogen and oxygen atoms in total.